The van der Waals surface area contributed by atoms with E-state index in [1.807, 2.05) is 0 Å². The zero-order valence-corrected chi connectivity index (χ0v) is 9.02. The molecule has 0 saturated carbocycles. The van der Waals surface area contributed by atoms with E-state index in [-0.39, 0.29) is 12.1 Å². The Hall–Kier alpha value is -1.13. The lowest BCUT2D eigenvalue weighted by Gasteiger charge is -2.23. The number of hydrogen-bond donors (Lipinski definition) is 0. The molecule has 0 unspecified atom stereocenters. The van der Waals surface area contributed by atoms with Gasteiger partial charge in [0.2, 0.25) is 0 Å². The molecule has 1 aromatic rings. The minimum Gasteiger partial charge on any atom is -0.493 e. The first kappa shape index (κ1) is 11.4. The van der Waals surface area contributed by atoms with Crippen LogP contribution in [0.3, 0.4) is 0 Å². The van der Waals surface area contributed by atoms with Crippen molar-refractivity contribution >= 4 is 0 Å². The van der Waals surface area contributed by atoms with Crippen LogP contribution in [0.4, 0.5) is 4.39 Å². The van der Waals surface area contributed by atoms with Crippen molar-refractivity contribution in [2.45, 2.75) is 19.1 Å². The summed E-state index contributed by atoms with van der Waals surface area (Å²) in [6, 6.07) is 6.10. The summed E-state index contributed by atoms with van der Waals surface area (Å²) >= 11 is 0. The van der Waals surface area contributed by atoms with Crippen molar-refractivity contribution in [3.05, 3.63) is 30.1 Å². The SMILES string of the molecule is Fc1cccc(OCCC2OCCCO2)c1. The van der Waals surface area contributed by atoms with Gasteiger partial charge < -0.3 is 14.2 Å². The monoisotopic (exact) mass is 226 g/mol. The van der Waals surface area contributed by atoms with Gasteiger partial charge in [-0.1, -0.05) is 6.07 Å². The number of benzene rings is 1. The third-order valence-electron chi connectivity index (χ3n) is 2.31. The van der Waals surface area contributed by atoms with E-state index >= 15 is 0 Å². The molecule has 0 bridgehead atoms. The molecule has 0 atom stereocenters. The molecule has 88 valence electrons. The molecule has 4 heteroatoms. The van der Waals surface area contributed by atoms with E-state index in [1.54, 1.807) is 12.1 Å². The predicted molar refractivity (Wildman–Crippen MR) is 56.8 cm³/mol. The van der Waals surface area contributed by atoms with E-state index in [4.69, 9.17) is 14.2 Å². The summed E-state index contributed by atoms with van der Waals surface area (Å²) in [5.74, 6) is 0.249. The lowest BCUT2D eigenvalue weighted by Crippen LogP contribution is -2.26. The van der Waals surface area contributed by atoms with Crippen molar-refractivity contribution in [3.8, 4) is 5.75 Å². The summed E-state index contributed by atoms with van der Waals surface area (Å²) in [6.07, 6.45) is 1.43. The van der Waals surface area contributed by atoms with Gasteiger partial charge in [-0.05, 0) is 18.6 Å². The Morgan fingerprint density at radius 1 is 1.31 bits per heavy atom. The van der Waals surface area contributed by atoms with Gasteiger partial charge in [0.05, 0.1) is 19.8 Å². The van der Waals surface area contributed by atoms with E-state index in [1.165, 1.54) is 12.1 Å². The summed E-state index contributed by atoms with van der Waals surface area (Å²) in [4.78, 5) is 0. The second-order valence-corrected chi connectivity index (χ2v) is 3.62. The Bertz CT molecular complexity index is 324. The van der Waals surface area contributed by atoms with Gasteiger partial charge in [0.1, 0.15) is 11.6 Å². The first-order chi connectivity index (χ1) is 7.84. The van der Waals surface area contributed by atoms with Gasteiger partial charge in [0, 0.05) is 12.5 Å². The van der Waals surface area contributed by atoms with Crippen LogP contribution in [0.15, 0.2) is 24.3 Å². The van der Waals surface area contributed by atoms with Gasteiger partial charge in [0.25, 0.3) is 0 Å². The zero-order chi connectivity index (χ0) is 11.2. The minimum absolute atomic E-state index is 0.178. The molecular weight excluding hydrogens is 211 g/mol. The Labute approximate surface area is 94.1 Å². The summed E-state index contributed by atoms with van der Waals surface area (Å²) < 4.78 is 28.9. The molecule has 0 spiro atoms. The summed E-state index contributed by atoms with van der Waals surface area (Å²) in [7, 11) is 0. The lowest BCUT2D eigenvalue weighted by atomic mass is 10.3. The molecule has 2 rings (SSSR count). The maximum Gasteiger partial charge on any atom is 0.160 e. The van der Waals surface area contributed by atoms with E-state index in [0.717, 1.165) is 19.6 Å². The number of halogens is 1. The fraction of sp³-hybridized carbons (Fsp3) is 0.500. The third-order valence-corrected chi connectivity index (χ3v) is 2.31. The Kier molecular flexibility index (Phi) is 4.13. The molecule has 1 fully saturated rings. The molecule has 0 N–H and O–H groups in total. The second kappa shape index (κ2) is 5.82. The molecule has 0 radical (unpaired) electrons. The number of hydrogen-bond acceptors (Lipinski definition) is 3. The van der Waals surface area contributed by atoms with Crippen molar-refractivity contribution in [1.29, 1.82) is 0 Å². The molecule has 1 aromatic carbocycles. The topological polar surface area (TPSA) is 27.7 Å². The molecule has 1 aliphatic heterocycles. The standard InChI is InChI=1S/C12H15FO3/c13-10-3-1-4-11(9-10)14-8-5-12-15-6-2-7-16-12/h1,3-4,9,12H,2,5-8H2. The lowest BCUT2D eigenvalue weighted by molar-refractivity contribution is -0.183. The van der Waals surface area contributed by atoms with Gasteiger partial charge in [-0.25, -0.2) is 4.39 Å². The average Bonchev–Trinajstić information content (AvgIpc) is 2.30. The quantitative estimate of drug-likeness (QED) is 0.788. The van der Waals surface area contributed by atoms with Crippen molar-refractivity contribution in [3.63, 3.8) is 0 Å². The summed E-state index contributed by atoms with van der Waals surface area (Å²) in [5.41, 5.74) is 0. The van der Waals surface area contributed by atoms with Crippen LogP contribution in [0.25, 0.3) is 0 Å². The summed E-state index contributed by atoms with van der Waals surface area (Å²) in [5, 5.41) is 0. The molecule has 0 aliphatic carbocycles. The third kappa shape index (κ3) is 3.47. The van der Waals surface area contributed by atoms with E-state index in [2.05, 4.69) is 0 Å². The Balaban J connectivity index is 1.71. The normalized spacial score (nSPS) is 17.3. The molecule has 0 aromatic heterocycles. The van der Waals surface area contributed by atoms with Crippen LogP contribution in [0.5, 0.6) is 5.75 Å². The highest BCUT2D eigenvalue weighted by Crippen LogP contribution is 2.14. The van der Waals surface area contributed by atoms with Crippen LogP contribution in [0.2, 0.25) is 0 Å². The van der Waals surface area contributed by atoms with Crippen LogP contribution in [-0.2, 0) is 9.47 Å². The molecule has 16 heavy (non-hydrogen) atoms. The van der Waals surface area contributed by atoms with Crippen LogP contribution >= 0.6 is 0 Å². The average molecular weight is 226 g/mol. The second-order valence-electron chi connectivity index (χ2n) is 3.62. The van der Waals surface area contributed by atoms with Crippen LogP contribution in [0.1, 0.15) is 12.8 Å². The molecule has 1 aliphatic rings. The molecule has 3 nitrogen and oxygen atoms in total. The largest absolute Gasteiger partial charge is 0.493 e. The zero-order valence-electron chi connectivity index (χ0n) is 9.02. The maximum atomic E-state index is 12.8. The van der Waals surface area contributed by atoms with Crippen molar-refractivity contribution < 1.29 is 18.6 Å². The first-order valence-corrected chi connectivity index (χ1v) is 5.46. The molecule has 0 amide bonds. The predicted octanol–water partition coefficient (Wildman–Crippen LogP) is 2.36. The van der Waals surface area contributed by atoms with Gasteiger partial charge in [-0.3, -0.25) is 0 Å². The van der Waals surface area contributed by atoms with Gasteiger partial charge in [0.15, 0.2) is 6.29 Å². The summed E-state index contributed by atoms with van der Waals surface area (Å²) in [6.45, 7) is 1.95. The van der Waals surface area contributed by atoms with E-state index < -0.39 is 0 Å². The molecule has 1 heterocycles. The van der Waals surface area contributed by atoms with Gasteiger partial charge in [-0.2, -0.15) is 0 Å². The fourth-order valence-corrected chi connectivity index (χ4v) is 1.53. The highest BCUT2D eigenvalue weighted by atomic mass is 19.1. The Morgan fingerprint density at radius 2 is 2.12 bits per heavy atom. The Morgan fingerprint density at radius 3 is 2.88 bits per heavy atom. The van der Waals surface area contributed by atoms with E-state index in [0.29, 0.717) is 18.8 Å². The minimum atomic E-state index is -0.289. The van der Waals surface area contributed by atoms with Crippen LogP contribution in [0, 0.1) is 5.82 Å². The smallest absolute Gasteiger partial charge is 0.160 e. The fourth-order valence-electron chi connectivity index (χ4n) is 1.53. The van der Waals surface area contributed by atoms with Crippen molar-refractivity contribution in [2.24, 2.45) is 0 Å². The van der Waals surface area contributed by atoms with Crippen molar-refractivity contribution in [1.82, 2.24) is 0 Å². The van der Waals surface area contributed by atoms with Gasteiger partial charge >= 0.3 is 0 Å². The van der Waals surface area contributed by atoms with Gasteiger partial charge in [-0.15, -0.1) is 0 Å². The number of ether oxygens (including phenoxy) is 3. The first-order valence-electron chi connectivity index (χ1n) is 5.46. The van der Waals surface area contributed by atoms with Crippen LogP contribution < -0.4 is 4.74 Å². The van der Waals surface area contributed by atoms with Crippen molar-refractivity contribution in [2.75, 3.05) is 19.8 Å². The van der Waals surface area contributed by atoms with Crippen LogP contribution in [-0.4, -0.2) is 26.1 Å². The molecule has 1 saturated heterocycles. The van der Waals surface area contributed by atoms with E-state index in [9.17, 15) is 4.39 Å². The maximum absolute atomic E-state index is 12.8. The molecular formula is C12H15FO3. The highest BCUT2D eigenvalue weighted by molar-refractivity contribution is 5.22. The highest BCUT2D eigenvalue weighted by Gasteiger charge is 2.13. The number of rotatable bonds is 4.